The van der Waals surface area contributed by atoms with Gasteiger partial charge in [-0.25, -0.2) is 0 Å². The van der Waals surface area contributed by atoms with Crippen LogP contribution in [0.25, 0.3) is 0 Å². The highest BCUT2D eigenvalue weighted by Crippen LogP contribution is 2.31. The van der Waals surface area contributed by atoms with Crippen LogP contribution in [-0.2, 0) is 9.47 Å². The second kappa shape index (κ2) is 3.20. The van der Waals surface area contributed by atoms with Crippen LogP contribution in [-0.4, -0.2) is 35.0 Å². The van der Waals surface area contributed by atoms with Crippen LogP contribution in [0.1, 0.15) is 27.7 Å². The first-order valence-corrected chi connectivity index (χ1v) is 4.41. The molecule has 0 aromatic rings. The van der Waals surface area contributed by atoms with Gasteiger partial charge in [0.2, 0.25) is 0 Å². The summed E-state index contributed by atoms with van der Waals surface area (Å²) in [7, 11) is 0. The van der Waals surface area contributed by atoms with E-state index in [1.54, 1.807) is 13.8 Å². The summed E-state index contributed by atoms with van der Waals surface area (Å²) in [5, 5.41) is 19.1. The highest BCUT2D eigenvalue weighted by molar-refractivity contribution is 4.80. The van der Waals surface area contributed by atoms with Crippen molar-refractivity contribution in [3.05, 3.63) is 0 Å². The summed E-state index contributed by atoms with van der Waals surface area (Å²) in [6.07, 6.45) is -1.65. The molecule has 1 aliphatic heterocycles. The van der Waals surface area contributed by atoms with Crippen LogP contribution in [0, 0.1) is 5.41 Å². The van der Waals surface area contributed by atoms with Gasteiger partial charge in [0.25, 0.3) is 0 Å². The van der Waals surface area contributed by atoms with Crippen LogP contribution in [0.3, 0.4) is 0 Å². The van der Waals surface area contributed by atoms with Gasteiger partial charge in [-0.3, -0.25) is 0 Å². The minimum atomic E-state index is -1.09. The Morgan fingerprint density at radius 1 is 1.38 bits per heavy atom. The van der Waals surface area contributed by atoms with Crippen LogP contribution >= 0.6 is 0 Å². The van der Waals surface area contributed by atoms with E-state index in [1.807, 2.05) is 13.8 Å². The van der Waals surface area contributed by atoms with Crippen molar-refractivity contribution < 1.29 is 19.7 Å². The third-order valence-electron chi connectivity index (χ3n) is 2.10. The summed E-state index contributed by atoms with van der Waals surface area (Å²) in [5.74, 6) is 0. The molecule has 0 bridgehead atoms. The first kappa shape index (κ1) is 10.9. The zero-order chi connectivity index (χ0) is 10.3. The fraction of sp³-hybridized carbons (Fsp3) is 1.00. The van der Waals surface area contributed by atoms with Gasteiger partial charge < -0.3 is 19.7 Å². The Morgan fingerprint density at radius 3 is 2.31 bits per heavy atom. The van der Waals surface area contributed by atoms with Gasteiger partial charge in [0.1, 0.15) is 5.60 Å². The van der Waals surface area contributed by atoms with E-state index in [0.29, 0.717) is 6.61 Å². The topological polar surface area (TPSA) is 58.9 Å². The molecule has 0 aromatic heterocycles. The Bertz CT molecular complexity index is 183. The molecule has 0 amide bonds. The summed E-state index contributed by atoms with van der Waals surface area (Å²) in [4.78, 5) is 0. The monoisotopic (exact) mass is 190 g/mol. The Kier molecular flexibility index (Phi) is 2.69. The van der Waals surface area contributed by atoms with Gasteiger partial charge in [0.15, 0.2) is 12.6 Å². The number of ether oxygens (including phenoxy) is 2. The van der Waals surface area contributed by atoms with E-state index in [9.17, 15) is 10.2 Å². The van der Waals surface area contributed by atoms with Crippen molar-refractivity contribution >= 4 is 0 Å². The zero-order valence-electron chi connectivity index (χ0n) is 8.57. The molecule has 1 heterocycles. The van der Waals surface area contributed by atoms with E-state index in [2.05, 4.69) is 0 Å². The fourth-order valence-electron chi connectivity index (χ4n) is 1.07. The van der Waals surface area contributed by atoms with Gasteiger partial charge in [-0.15, -0.1) is 0 Å². The van der Waals surface area contributed by atoms with Crippen LogP contribution in [0.15, 0.2) is 0 Å². The van der Waals surface area contributed by atoms with Crippen LogP contribution in [0.2, 0.25) is 0 Å². The predicted molar refractivity (Wildman–Crippen MR) is 46.9 cm³/mol. The van der Waals surface area contributed by atoms with Gasteiger partial charge in [-0.1, -0.05) is 13.8 Å². The highest BCUT2D eigenvalue weighted by atomic mass is 16.7. The van der Waals surface area contributed by atoms with E-state index in [-0.39, 0.29) is 0 Å². The molecular weight excluding hydrogens is 172 g/mol. The SMILES string of the molecule is CC(C)(O)C1OCC(C)(C)C(O)O1. The first-order chi connectivity index (χ1) is 5.73. The average Bonchev–Trinajstić information content (AvgIpc) is 1.92. The molecular formula is C9H18O4. The van der Waals surface area contributed by atoms with Crippen molar-refractivity contribution in [1.29, 1.82) is 0 Å². The summed E-state index contributed by atoms with van der Waals surface area (Å²) in [6, 6.07) is 0. The average molecular weight is 190 g/mol. The quantitative estimate of drug-likeness (QED) is 0.631. The van der Waals surface area contributed by atoms with Gasteiger partial charge in [0.05, 0.1) is 6.61 Å². The molecule has 1 rings (SSSR count). The lowest BCUT2D eigenvalue weighted by molar-refractivity contribution is -0.353. The maximum absolute atomic E-state index is 9.57. The molecule has 2 unspecified atom stereocenters. The van der Waals surface area contributed by atoms with Crippen molar-refractivity contribution in [2.75, 3.05) is 6.61 Å². The molecule has 0 saturated carbocycles. The van der Waals surface area contributed by atoms with Gasteiger partial charge in [-0.05, 0) is 13.8 Å². The number of hydrogen-bond donors (Lipinski definition) is 2. The zero-order valence-corrected chi connectivity index (χ0v) is 8.57. The maximum Gasteiger partial charge on any atom is 0.188 e. The predicted octanol–water partition coefficient (Wildman–Crippen LogP) is 0.475. The molecule has 2 atom stereocenters. The number of aliphatic hydroxyl groups is 2. The van der Waals surface area contributed by atoms with Gasteiger partial charge in [0, 0.05) is 5.41 Å². The summed E-state index contributed by atoms with van der Waals surface area (Å²) < 4.78 is 10.4. The van der Waals surface area contributed by atoms with Crippen LogP contribution in [0.5, 0.6) is 0 Å². The Hall–Kier alpha value is -0.160. The lowest BCUT2D eigenvalue weighted by atomic mass is 9.92. The van der Waals surface area contributed by atoms with Crippen molar-refractivity contribution in [1.82, 2.24) is 0 Å². The molecule has 1 saturated heterocycles. The number of hydrogen-bond acceptors (Lipinski definition) is 4. The molecule has 0 aliphatic carbocycles. The first-order valence-electron chi connectivity index (χ1n) is 4.41. The van der Waals surface area contributed by atoms with Crippen molar-refractivity contribution in [3.8, 4) is 0 Å². The molecule has 1 fully saturated rings. The molecule has 1 aliphatic rings. The third kappa shape index (κ3) is 2.40. The van der Waals surface area contributed by atoms with E-state index in [0.717, 1.165) is 0 Å². The fourth-order valence-corrected chi connectivity index (χ4v) is 1.07. The van der Waals surface area contributed by atoms with Gasteiger partial charge in [-0.2, -0.15) is 0 Å². The van der Waals surface area contributed by atoms with Crippen molar-refractivity contribution in [2.45, 2.75) is 45.9 Å². The van der Waals surface area contributed by atoms with Gasteiger partial charge >= 0.3 is 0 Å². The molecule has 0 aromatic carbocycles. The number of rotatable bonds is 1. The summed E-state index contributed by atoms with van der Waals surface area (Å²) in [6.45, 7) is 7.24. The molecule has 13 heavy (non-hydrogen) atoms. The Balaban J connectivity index is 2.61. The van der Waals surface area contributed by atoms with Crippen molar-refractivity contribution in [2.24, 2.45) is 5.41 Å². The maximum atomic E-state index is 9.57. The van der Waals surface area contributed by atoms with E-state index >= 15 is 0 Å². The smallest absolute Gasteiger partial charge is 0.188 e. The molecule has 78 valence electrons. The lowest BCUT2D eigenvalue weighted by Gasteiger charge is -2.42. The lowest BCUT2D eigenvalue weighted by Crippen LogP contribution is -2.52. The summed E-state index contributed by atoms with van der Waals surface area (Å²) >= 11 is 0. The molecule has 0 spiro atoms. The number of aliphatic hydroxyl groups excluding tert-OH is 1. The second-order valence-electron chi connectivity index (χ2n) is 4.77. The Labute approximate surface area is 78.5 Å². The minimum absolute atomic E-state index is 0.378. The summed E-state index contributed by atoms with van der Waals surface area (Å²) in [5.41, 5.74) is -1.50. The molecule has 4 nitrogen and oxygen atoms in total. The molecule has 0 radical (unpaired) electrons. The third-order valence-corrected chi connectivity index (χ3v) is 2.10. The molecule has 4 heteroatoms. The van der Waals surface area contributed by atoms with E-state index in [1.165, 1.54) is 0 Å². The highest BCUT2D eigenvalue weighted by Gasteiger charge is 2.42. The Morgan fingerprint density at radius 2 is 1.92 bits per heavy atom. The standard InChI is InChI=1S/C9H18O4/c1-8(2)5-12-7(9(3,4)11)13-6(8)10/h6-7,10-11H,5H2,1-4H3. The van der Waals surface area contributed by atoms with Crippen molar-refractivity contribution in [3.63, 3.8) is 0 Å². The minimum Gasteiger partial charge on any atom is -0.385 e. The normalized spacial score (nSPS) is 34.6. The van der Waals surface area contributed by atoms with E-state index in [4.69, 9.17) is 9.47 Å². The largest absolute Gasteiger partial charge is 0.385 e. The van der Waals surface area contributed by atoms with Crippen LogP contribution < -0.4 is 0 Å². The van der Waals surface area contributed by atoms with Crippen LogP contribution in [0.4, 0.5) is 0 Å². The second-order valence-corrected chi connectivity index (χ2v) is 4.77. The molecule has 2 N–H and O–H groups in total. The van der Waals surface area contributed by atoms with E-state index < -0.39 is 23.6 Å².